The van der Waals surface area contributed by atoms with Crippen molar-refractivity contribution >= 4 is 5.97 Å². The first kappa shape index (κ1) is 26.1. The van der Waals surface area contributed by atoms with Gasteiger partial charge in [-0.15, -0.1) is 0 Å². The maximum Gasteiger partial charge on any atom is 0.314 e. The van der Waals surface area contributed by atoms with E-state index >= 15 is 0 Å². The molecule has 4 nitrogen and oxygen atoms in total. The van der Waals surface area contributed by atoms with Crippen LogP contribution in [0.3, 0.4) is 0 Å². The lowest BCUT2D eigenvalue weighted by molar-refractivity contribution is -0.140. The average molecular weight is 488 g/mol. The Morgan fingerprint density at radius 1 is 0.886 bits per heavy atom. The van der Waals surface area contributed by atoms with Crippen LogP contribution in [-0.2, 0) is 9.53 Å². The number of hydrogen-bond acceptors (Lipinski definition) is 4. The molecule has 0 unspecified atom stereocenters. The molecule has 0 aliphatic heterocycles. The minimum Gasteiger partial charge on any atom is -0.426 e. The monoisotopic (exact) mass is 487 g/mol. The molecule has 3 aliphatic rings. The first-order valence-corrected chi connectivity index (χ1v) is 13.7. The molecular formula is C29H39F2NO3. The SMILES string of the molecule is CC[C@H]1CC[C@H](COC2CCC([C@H]3CC[C@H](C(=O)Oc4cc(F)c(C#N)c(F)c4)CC3)CC2)CC1. The average Bonchev–Trinajstić information content (AvgIpc) is 2.88. The van der Waals surface area contributed by atoms with Crippen molar-refractivity contribution in [2.24, 2.45) is 29.6 Å². The molecule has 3 aliphatic carbocycles. The van der Waals surface area contributed by atoms with Crippen LogP contribution in [0.4, 0.5) is 8.78 Å². The second kappa shape index (κ2) is 12.3. The highest BCUT2D eigenvalue weighted by molar-refractivity contribution is 5.75. The van der Waals surface area contributed by atoms with Gasteiger partial charge in [0.2, 0.25) is 0 Å². The van der Waals surface area contributed by atoms with Crippen molar-refractivity contribution < 1.29 is 23.0 Å². The Kier molecular flexibility index (Phi) is 9.16. The van der Waals surface area contributed by atoms with Crippen LogP contribution in [0.1, 0.15) is 96.0 Å². The molecule has 3 fully saturated rings. The van der Waals surface area contributed by atoms with Gasteiger partial charge in [-0.3, -0.25) is 4.79 Å². The second-order valence-electron chi connectivity index (χ2n) is 11.1. The van der Waals surface area contributed by atoms with E-state index in [9.17, 15) is 13.6 Å². The number of esters is 1. The third-order valence-electron chi connectivity index (χ3n) is 8.95. The molecule has 1 aromatic carbocycles. The lowest BCUT2D eigenvalue weighted by Crippen LogP contribution is -2.32. The van der Waals surface area contributed by atoms with E-state index in [0.717, 1.165) is 69.1 Å². The van der Waals surface area contributed by atoms with Crippen LogP contribution in [0, 0.1) is 52.6 Å². The molecule has 4 rings (SSSR count). The van der Waals surface area contributed by atoms with Gasteiger partial charge in [0.25, 0.3) is 0 Å². The van der Waals surface area contributed by atoms with E-state index in [1.165, 1.54) is 51.0 Å². The van der Waals surface area contributed by atoms with Crippen LogP contribution in [0.25, 0.3) is 0 Å². The molecule has 3 saturated carbocycles. The molecule has 1 aromatic rings. The fourth-order valence-electron chi connectivity index (χ4n) is 6.55. The van der Waals surface area contributed by atoms with E-state index < -0.39 is 23.2 Å². The molecule has 0 saturated heterocycles. The van der Waals surface area contributed by atoms with Gasteiger partial charge in [0.15, 0.2) is 0 Å². The van der Waals surface area contributed by atoms with E-state index in [0.29, 0.717) is 17.9 Å². The predicted molar refractivity (Wildman–Crippen MR) is 130 cm³/mol. The van der Waals surface area contributed by atoms with E-state index in [1.807, 2.05) is 0 Å². The number of nitrogens with zero attached hydrogens (tertiary/aromatic N) is 1. The maximum atomic E-state index is 13.8. The number of ether oxygens (including phenoxy) is 2. The highest BCUT2D eigenvalue weighted by Gasteiger charge is 2.34. The van der Waals surface area contributed by atoms with Gasteiger partial charge < -0.3 is 9.47 Å². The van der Waals surface area contributed by atoms with E-state index in [-0.39, 0.29) is 11.7 Å². The molecule has 0 atom stereocenters. The molecule has 0 amide bonds. The van der Waals surface area contributed by atoms with Crippen LogP contribution < -0.4 is 4.74 Å². The van der Waals surface area contributed by atoms with Crippen molar-refractivity contribution in [3.63, 3.8) is 0 Å². The fraction of sp³-hybridized carbons (Fsp3) is 0.724. The summed E-state index contributed by atoms with van der Waals surface area (Å²) in [5.41, 5.74) is -0.662. The van der Waals surface area contributed by atoms with Crippen LogP contribution in [0.2, 0.25) is 0 Å². The van der Waals surface area contributed by atoms with Gasteiger partial charge in [-0.05, 0) is 87.9 Å². The Hall–Kier alpha value is -2.00. The standard InChI is InChI=1S/C29H39F2NO3/c1-2-19-3-5-20(6-4-19)18-34-24-13-11-22(12-14-24)21-7-9-23(10-8-21)29(33)35-25-15-27(30)26(17-32)28(31)16-25/h15-16,19-24H,2-14,18H2,1H3/t19-,20-,21-,22?,23-,24?. The largest absolute Gasteiger partial charge is 0.426 e. The summed E-state index contributed by atoms with van der Waals surface area (Å²) in [5, 5.41) is 8.77. The summed E-state index contributed by atoms with van der Waals surface area (Å²) in [6.45, 7) is 3.24. The zero-order valence-corrected chi connectivity index (χ0v) is 20.9. The Morgan fingerprint density at radius 3 is 1.97 bits per heavy atom. The first-order valence-electron chi connectivity index (χ1n) is 13.7. The molecule has 0 aromatic heterocycles. The zero-order valence-electron chi connectivity index (χ0n) is 20.9. The molecule has 6 heteroatoms. The number of carbonyl (C=O) groups is 1. The van der Waals surface area contributed by atoms with Crippen molar-refractivity contribution in [1.82, 2.24) is 0 Å². The fourth-order valence-corrected chi connectivity index (χ4v) is 6.55. The topological polar surface area (TPSA) is 59.3 Å². The number of benzene rings is 1. The molecule has 0 spiro atoms. The van der Waals surface area contributed by atoms with Gasteiger partial charge in [0.1, 0.15) is 29.0 Å². The molecule has 192 valence electrons. The van der Waals surface area contributed by atoms with Gasteiger partial charge in [-0.1, -0.05) is 26.2 Å². The smallest absolute Gasteiger partial charge is 0.314 e. The summed E-state index contributed by atoms with van der Waals surface area (Å²) in [4.78, 5) is 12.6. The molecular weight excluding hydrogens is 448 g/mol. The summed E-state index contributed by atoms with van der Waals surface area (Å²) in [6, 6.07) is 3.28. The highest BCUT2D eigenvalue weighted by atomic mass is 19.1. The van der Waals surface area contributed by atoms with Gasteiger partial charge in [0, 0.05) is 18.7 Å². The predicted octanol–water partition coefficient (Wildman–Crippen LogP) is 7.34. The van der Waals surface area contributed by atoms with Gasteiger partial charge in [-0.25, -0.2) is 8.78 Å². The molecule has 0 bridgehead atoms. The van der Waals surface area contributed by atoms with Crippen LogP contribution in [0.15, 0.2) is 12.1 Å². The number of halogens is 2. The number of hydrogen-bond donors (Lipinski definition) is 0. The Morgan fingerprint density at radius 2 is 1.43 bits per heavy atom. The molecule has 35 heavy (non-hydrogen) atoms. The Balaban J connectivity index is 1.15. The lowest BCUT2D eigenvalue weighted by atomic mass is 9.70. The van der Waals surface area contributed by atoms with Crippen molar-refractivity contribution in [1.29, 1.82) is 5.26 Å². The van der Waals surface area contributed by atoms with Crippen molar-refractivity contribution in [2.75, 3.05) is 6.61 Å². The first-order chi connectivity index (χ1) is 17.0. The van der Waals surface area contributed by atoms with Crippen molar-refractivity contribution in [2.45, 2.75) is 96.5 Å². The Bertz CT molecular complexity index is 867. The number of carbonyl (C=O) groups excluding carboxylic acids is 1. The van der Waals surface area contributed by atoms with Gasteiger partial charge in [0.05, 0.1) is 12.0 Å². The van der Waals surface area contributed by atoms with E-state index in [4.69, 9.17) is 14.7 Å². The van der Waals surface area contributed by atoms with E-state index in [1.54, 1.807) is 0 Å². The second-order valence-corrected chi connectivity index (χ2v) is 11.1. The maximum absolute atomic E-state index is 13.8. The Labute approximate surface area is 208 Å². The summed E-state index contributed by atoms with van der Waals surface area (Å²) in [5.74, 6) is 0.145. The molecule has 0 N–H and O–H groups in total. The lowest BCUT2D eigenvalue weighted by Gasteiger charge is -2.37. The van der Waals surface area contributed by atoms with Gasteiger partial charge in [-0.2, -0.15) is 5.26 Å². The van der Waals surface area contributed by atoms with Crippen LogP contribution in [0.5, 0.6) is 5.75 Å². The third-order valence-corrected chi connectivity index (χ3v) is 8.95. The van der Waals surface area contributed by atoms with Crippen LogP contribution >= 0.6 is 0 Å². The van der Waals surface area contributed by atoms with E-state index in [2.05, 4.69) is 6.92 Å². The highest BCUT2D eigenvalue weighted by Crippen LogP contribution is 2.41. The van der Waals surface area contributed by atoms with Crippen molar-refractivity contribution in [3.8, 4) is 11.8 Å². The summed E-state index contributed by atoms with van der Waals surface area (Å²) >= 11 is 0. The summed E-state index contributed by atoms with van der Waals surface area (Å²) in [7, 11) is 0. The summed E-state index contributed by atoms with van der Waals surface area (Å²) < 4.78 is 39.2. The molecule has 0 radical (unpaired) electrons. The minimum absolute atomic E-state index is 0.178. The van der Waals surface area contributed by atoms with Crippen molar-refractivity contribution in [3.05, 3.63) is 29.3 Å². The third kappa shape index (κ3) is 6.82. The van der Waals surface area contributed by atoms with Crippen LogP contribution in [-0.4, -0.2) is 18.7 Å². The summed E-state index contributed by atoms with van der Waals surface area (Å²) in [6.07, 6.45) is 15.3. The quantitative estimate of drug-likeness (QED) is 0.298. The zero-order chi connectivity index (χ0) is 24.8. The number of nitriles is 1. The minimum atomic E-state index is -1.01. The van der Waals surface area contributed by atoms with Gasteiger partial charge >= 0.3 is 5.97 Å². The number of rotatable bonds is 7. The normalized spacial score (nSPS) is 31.5. The molecule has 0 heterocycles.